The number of amides is 1. The number of carbonyl (C=O) groups is 1. The number of hydrogen-bond donors (Lipinski definition) is 1. The van der Waals surface area contributed by atoms with Gasteiger partial charge in [-0.1, -0.05) is 18.2 Å². The summed E-state index contributed by atoms with van der Waals surface area (Å²) in [6.07, 6.45) is 0. The Bertz CT molecular complexity index is 387. The Morgan fingerprint density at radius 3 is 2.53 bits per heavy atom. The van der Waals surface area contributed by atoms with Crippen LogP contribution >= 0.6 is 11.8 Å². The molecule has 1 aromatic rings. The first-order valence-corrected chi connectivity index (χ1v) is 7.55. The fourth-order valence-electron chi connectivity index (χ4n) is 1.45. The summed E-state index contributed by atoms with van der Waals surface area (Å²) in [5.74, 6) is 1.75. The number of para-hydroxylation sites is 1. The van der Waals surface area contributed by atoms with Gasteiger partial charge in [-0.15, -0.1) is 11.8 Å². The smallest absolute Gasteiger partial charge is 0.233 e. The summed E-state index contributed by atoms with van der Waals surface area (Å²) in [6.45, 7) is 8.50. The molecule has 0 radical (unpaired) electrons. The van der Waals surface area contributed by atoms with Crippen molar-refractivity contribution in [2.24, 2.45) is 0 Å². The van der Waals surface area contributed by atoms with Crippen LogP contribution in [-0.4, -0.2) is 29.1 Å². The summed E-state index contributed by atoms with van der Waals surface area (Å²) in [5.41, 5.74) is -0.174. The number of nitrogens with one attached hydrogen (secondary N) is 1. The predicted octanol–water partition coefficient (Wildman–Crippen LogP) is 3.10. The maximum absolute atomic E-state index is 11.9. The van der Waals surface area contributed by atoms with E-state index in [9.17, 15) is 4.79 Å². The zero-order valence-electron chi connectivity index (χ0n) is 12.1. The third-order valence-electron chi connectivity index (χ3n) is 2.33. The SMILES string of the molecule is CC(SCCOc1ccccc1)C(=O)NC(C)(C)C. The molecule has 3 nitrogen and oxygen atoms in total. The van der Waals surface area contributed by atoms with Gasteiger partial charge in [0.1, 0.15) is 5.75 Å². The third kappa shape index (κ3) is 7.11. The van der Waals surface area contributed by atoms with E-state index < -0.39 is 0 Å². The van der Waals surface area contributed by atoms with Crippen LogP contribution in [0.4, 0.5) is 0 Å². The lowest BCUT2D eigenvalue weighted by atomic mass is 10.1. The molecule has 106 valence electrons. The lowest BCUT2D eigenvalue weighted by Gasteiger charge is -2.23. The Hall–Kier alpha value is -1.16. The molecule has 19 heavy (non-hydrogen) atoms. The van der Waals surface area contributed by atoms with E-state index in [1.165, 1.54) is 0 Å². The molecule has 1 aromatic carbocycles. The summed E-state index contributed by atoms with van der Waals surface area (Å²) < 4.78 is 5.58. The number of ether oxygens (including phenoxy) is 1. The van der Waals surface area contributed by atoms with E-state index >= 15 is 0 Å². The second-order valence-electron chi connectivity index (χ2n) is 5.41. The lowest BCUT2D eigenvalue weighted by Crippen LogP contribution is -2.44. The van der Waals surface area contributed by atoms with Gasteiger partial charge in [-0.2, -0.15) is 0 Å². The average molecular weight is 281 g/mol. The van der Waals surface area contributed by atoms with Crippen molar-refractivity contribution in [1.29, 1.82) is 0 Å². The van der Waals surface area contributed by atoms with Crippen LogP contribution in [0.25, 0.3) is 0 Å². The molecule has 1 N–H and O–H groups in total. The number of hydrogen-bond acceptors (Lipinski definition) is 3. The van der Waals surface area contributed by atoms with Gasteiger partial charge < -0.3 is 10.1 Å². The molecular formula is C15H23NO2S. The molecule has 0 saturated carbocycles. The highest BCUT2D eigenvalue weighted by molar-refractivity contribution is 8.00. The van der Waals surface area contributed by atoms with Gasteiger partial charge in [0.15, 0.2) is 0 Å². The minimum atomic E-state index is -0.174. The molecule has 0 bridgehead atoms. The van der Waals surface area contributed by atoms with Crippen LogP contribution in [0.2, 0.25) is 0 Å². The monoisotopic (exact) mass is 281 g/mol. The molecule has 0 aliphatic carbocycles. The van der Waals surface area contributed by atoms with E-state index in [4.69, 9.17) is 4.74 Å². The summed E-state index contributed by atoms with van der Waals surface area (Å²) in [6, 6.07) is 9.71. The maximum Gasteiger partial charge on any atom is 0.233 e. The normalized spacial score (nSPS) is 12.8. The average Bonchev–Trinajstić information content (AvgIpc) is 2.33. The zero-order valence-corrected chi connectivity index (χ0v) is 12.9. The van der Waals surface area contributed by atoms with Gasteiger partial charge in [0, 0.05) is 11.3 Å². The highest BCUT2D eigenvalue weighted by atomic mass is 32.2. The van der Waals surface area contributed by atoms with Crippen LogP contribution < -0.4 is 10.1 Å². The van der Waals surface area contributed by atoms with Gasteiger partial charge in [-0.25, -0.2) is 0 Å². The summed E-state index contributed by atoms with van der Waals surface area (Å²) in [5, 5.41) is 2.92. The zero-order chi connectivity index (χ0) is 14.3. The molecule has 1 rings (SSSR count). The van der Waals surface area contributed by atoms with Gasteiger partial charge in [0.25, 0.3) is 0 Å². The summed E-state index contributed by atoms with van der Waals surface area (Å²) >= 11 is 1.61. The Morgan fingerprint density at radius 1 is 1.32 bits per heavy atom. The first-order chi connectivity index (χ1) is 8.88. The first kappa shape index (κ1) is 15.9. The molecule has 1 atom stereocenters. The fraction of sp³-hybridized carbons (Fsp3) is 0.533. The second kappa shape index (κ2) is 7.43. The second-order valence-corrected chi connectivity index (χ2v) is 6.86. The van der Waals surface area contributed by atoms with Gasteiger partial charge in [0.05, 0.1) is 11.9 Å². The Morgan fingerprint density at radius 2 is 1.95 bits per heavy atom. The van der Waals surface area contributed by atoms with Crippen molar-refractivity contribution in [3.63, 3.8) is 0 Å². The van der Waals surface area contributed by atoms with Crippen LogP contribution in [0, 0.1) is 0 Å². The fourth-order valence-corrected chi connectivity index (χ4v) is 2.19. The van der Waals surface area contributed by atoms with Crippen molar-refractivity contribution < 1.29 is 9.53 Å². The molecule has 0 aliphatic rings. The van der Waals surface area contributed by atoms with Crippen LogP contribution in [0.15, 0.2) is 30.3 Å². The summed E-state index contributed by atoms with van der Waals surface area (Å²) in [7, 11) is 0. The van der Waals surface area contributed by atoms with Crippen molar-refractivity contribution in [2.45, 2.75) is 38.5 Å². The highest BCUT2D eigenvalue weighted by Gasteiger charge is 2.19. The van der Waals surface area contributed by atoms with Crippen molar-refractivity contribution in [3.8, 4) is 5.75 Å². The minimum Gasteiger partial charge on any atom is -0.493 e. The Kier molecular flexibility index (Phi) is 6.22. The van der Waals surface area contributed by atoms with Crippen molar-refractivity contribution in [2.75, 3.05) is 12.4 Å². The van der Waals surface area contributed by atoms with Crippen molar-refractivity contribution >= 4 is 17.7 Å². The van der Waals surface area contributed by atoms with Gasteiger partial charge >= 0.3 is 0 Å². The van der Waals surface area contributed by atoms with Crippen LogP contribution in [-0.2, 0) is 4.79 Å². The topological polar surface area (TPSA) is 38.3 Å². The van der Waals surface area contributed by atoms with Crippen molar-refractivity contribution in [3.05, 3.63) is 30.3 Å². The maximum atomic E-state index is 11.9. The molecule has 1 unspecified atom stereocenters. The van der Waals surface area contributed by atoms with Gasteiger partial charge in [-0.05, 0) is 39.8 Å². The first-order valence-electron chi connectivity index (χ1n) is 6.50. The molecule has 0 fully saturated rings. The minimum absolute atomic E-state index is 0.0569. The lowest BCUT2D eigenvalue weighted by molar-refractivity contribution is -0.121. The van der Waals surface area contributed by atoms with Gasteiger partial charge in [-0.3, -0.25) is 4.79 Å². The summed E-state index contributed by atoms with van der Waals surface area (Å²) in [4.78, 5) is 11.9. The molecular weight excluding hydrogens is 258 g/mol. The number of benzene rings is 1. The number of rotatable bonds is 6. The molecule has 0 heterocycles. The van der Waals surface area contributed by atoms with Crippen molar-refractivity contribution in [1.82, 2.24) is 5.32 Å². The van der Waals surface area contributed by atoms with E-state index in [1.807, 2.05) is 58.0 Å². The van der Waals surface area contributed by atoms with Crippen LogP contribution in [0.5, 0.6) is 5.75 Å². The third-order valence-corrected chi connectivity index (χ3v) is 3.45. The highest BCUT2D eigenvalue weighted by Crippen LogP contribution is 2.14. The molecule has 4 heteroatoms. The largest absolute Gasteiger partial charge is 0.493 e. The molecule has 1 amide bonds. The van der Waals surface area contributed by atoms with E-state index in [1.54, 1.807) is 11.8 Å². The van der Waals surface area contributed by atoms with Crippen LogP contribution in [0.1, 0.15) is 27.7 Å². The molecule has 0 saturated heterocycles. The van der Waals surface area contributed by atoms with Crippen LogP contribution in [0.3, 0.4) is 0 Å². The standard InChI is InChI=1S/C15H23NO2S/c1-12(14(17)16-15(2,3)4)19-11-10-18-13-8-6-5-7-9-13/h5-9,12H,10-11H2,1-4H3,(H,16,17). The van der Waals surface area contributed by atoms with E-state index in [-0.39, 0.29) is 16.7 Å². The number of thioether (sulfide) groups is 1. The Labute approximate surface area is 120 Å². The Balaban J connectivity index is 2.20. The molecule has 0 aromatic heterocycles. The quantitative estimate of drug-likeness (QED) is 0.814. The molecule has 0 spiro atoms. The predicted molar refractivity (Wildman–Crippen MR) is 81.8 cm³/mol. The van der Waals surface area contributed by atoms with Gasteiger partial charge in [0.2, 0.25) is 5.91 Å². The van der Waals surface area contributed by atoms with E-state index in [0.29, 0.717) is 6.61 Å². The molecule has 0 aliphatic heterocycles. The van der Waals surface area contributed by atoms with E-state index in [0.717, 1.165) is 11.5 Å². The number of carbonyl (C=O) groups excluding carboxylic acids is 1. The van der Waals surface area contributed by atoms with E-state index in [2.05, 4.69) is 5.32 Å².